The van der Waals surface area contributed by atoms with Crippen molar-refractivity contribution in [2.45, 2.75) is 52.1 Å². The van der Waals surface area contributed by atoms with Crippen molar-refractivity contribution >= 4 is 8.32 Å². The van der Waals surface area contributed by atoms with Gasteiger partial charge in [0.25, 0.3) is 0 Å². The van der Waals surface area contributed by atoms with E-state index < -0.39 is 8.32 Å². The molecule has 0 fully saturated rings. The van der Waals surface area contributed by atoms with Gasteiger partial charge in [-0.2, -0.15) is 0 Å². The molecule has 0 saturated carbocycles. The van der Waals surface area contributed by atoms with E-state index in [0.717, 1.165) is 6.42 Å². The van der Waals surface area contributed by atoms with Crippen LogP contribution in [0.1, 0.15) is 27.2 Å². The van der Waals surface area contributed by atoms with Gasteiger partial charge in [-0.15, -0.1) is 0 Å². The number of rotatable bonds is 4. The van der Waals surface area contributed by atoms with Crippen molar-refractivity contribution < 1.29 is 9.16 Å². The van der Waals surface area contributed by atoms with Crippen LogP contribution in [0.15, 0.2) is 12.3 Å². The van der Waals surface area contributed by atoms with Gasteiger partial charge in [0.05, 0.1) is 6.26 Å². The largest absolute Gasteiger partial charge is 0.474 e. The SMILES string of the molecule is CC[Si](C)(CC)OC1OC=CCC1C. The van der Waals surface area contributed by atoms with Crippen LogP contribution in [0.4, 0.5) is 0 Å². The standard InChI is InChI=1S/C11H22O2Si/c1-5-14(4,6-2)13-11-10(3)8-7-9-12-11/h7,9-11H,5-6,8H2,1-4H3. The fourth-order valence-corrected chi connectivity index (χ4v) is 3.17. The molecule has 1 aliphatic rings. The molecule has 2 unspecified atom stereocenters. The lowest BCUT2D eigenvalue weighted by atomic mass is 10.1. The fraction of sp³-hybridized carbons (Fsp3) is 0.818. The highest BCUT2D eigenvalue weighted by Gasteiger charge is 2.32. The summed E-state index contributed by atoms with van der Waals surface area (Å²) in [5.74, 6) is 0.491. The van der Waals surface area contributed by atoms with Crippen LogP contribution < -0.4 is 0 Å². The number of ether oxygens (including phenoxy) is 1. The first-order valence-corrected chi connectivity index (χ1v) is 8.42. The Morgan fingerprint density at radius 3 is 2.57 bits per heavy atom. The molecule has 0 aromatic rings. The molecule has 0 spiro atoms. The normalized spacial score (nSPS) is 27.4. The van der Waals surface area contributed by atoms with Crippen LogP contribution in [0.3, 0.4) is 0 Å². The van der Waals surface area contributed by atoms with Crippen molar-refractivity contribution in [3.05, 3.63) is 12.3 Å². The van der Waals surface area contributed by atoms with Gasteiger partial charge in [-0.25, -0.2) is 0 Å². The minimum atomic E-state index is -1.49. The summed E-state index contributed by atoms with van der Waals surface area (Å²) in [6.07, 6.45) is 4.92. The zero-order valence-corrected chi connectivity index (χ0v) is 10.7. The van der Waals surface area contributed by atoms with Gasteiger partial charge in [0.2, 0.25) is 0 Å². The zero-order chi connectivity index (χ0) is 10.6. The molecule has 82 valence electrons. The van der Waals surface area contributed by atoms with Crippen LogP contribution in [0.25, 0.3) is 0 Å². The average Bonchev–Trinajstić information content (AvgIpc) is 2.21. The van der Waals surface area contributed by atoms with E-state index in [-0.39, 0.29) is 6.29 Å². The van der Waals surface area contributed by atoms with Crippen LogP contribution in [0.2, 0.25) is 18.6 Å². The maximum Gasteiger partial charge on any atom is 0.194 e. The number of allylic oxidation sites excluding steroid dienone is 1. The highest BCUT2D eigenvalue weighted by molar-refractivity contribution is 6.72. The van der Waals surface area contributed by atoms with Crippen LogP contribution in [0.5, 0.6) is 0 Å². The molecule has 1 heterocycles. The smallest absolute Gasteiger partial charge is 0.194 e. The van der Waals surface area contributed by atoms with Gasteiger partial charge in [0.15, 0.2) is 14.6 Å². The molecule has 14 heavy (non-hydrogen) atoms. The highest BCUT2D eigenvalue weighted by Crippen LogP contribution is 2.26. The van der Waals surface area contributed by atoms with E-state index in [1.807, 2.05) is 0 Å². The summed E-state index contributed by atoms with van der Waals surface area (Å²) in [7, 11) is -1.49. The Hall–Kier alpha value is -0.283. The van der Waals surface area contributed by atoms with Crippen LogP contribution >= 0.6 is 0 Å². The summed E-state index contributed by atoms with van der Waals surface area (Å²) in [6, 6.07) is 2.33. The van der Waals surface area contributed by atoms with Gasteiger partial charge in [0.1, 0.15) is 0 Å². The number of hydrogen-bond acceptors (Lipinski definition) is 2. The quantitative estimate of drug-likeness (QED) is 0.667. The summed E-state index contributed by atoms with van der Waals surface area (Å²) >= 11 is 0. The summed E-state index contributed by atoms with van der Waals surface area (Å²) in [5, 5.41) is 0. The molecule has 0 saturated heterocycles. The molecule has 0 radical (unpaired) electrons. The van der Waals surface area contributed by atoms with Crippen LogP contribution in [-0.2, 0) is 9.16 Å². The third-order valence-electron chi connectivity index (χ3n) is 3.18. The van der Waals surface area contributed by atoms with E-state index in [4.69, 9.17) is 9.16 Å². The highest BCUT2D eigenvalue weighted by atomic mass is 28.4. The van der Waals surface area contributed by atoms with E-state index in [1.165, 1.54) is 12.1 Å². The zero-order valence-electron chi connectivity index (χ0n) is 9.75. The maximum atomic E-state index is 6.15. The van der Waals surface area contributed by atoms with Crippen molar-refractivity contribution in [3.63, 3.8) is 0 Å². The summed E-state index contributed by atoms with van der Waals surface area (Å²) in [4.78, 5) is 0. The maximum absolute atomic E-state index is 6.15. The van der Waals surface area contributed by atoms with Crippen molar-refractivity contribution in [2.75, 3.05) is 0 Å². The first kappa shape index (κ1) is 11.8. The van der Waals surface area contributed by atoms with E-state index in [9.17, 15) is 0 Å². The predicted molar refractivity (Wildman–Crippen MR) is 61.5 cm³/mol. The van der Waals surface area contributed by atoms with E-state index >= 15 is 0 Å². The third kappa shape index (κ3) is 2.85. The van der Waals surface area contributed by atoms with Crippen molar-refractivity contribution in [3.8, 4) is 0 Å². The minimum absolute atomic E-state index is 0.00318. The average molecular weight is 214 g/mol. The molecule has 0 aliphatic carbocycles. The molecule has 0 amide bonds. The Labute approximate surface area is 88.4 Å². The summed E-state index contributed by atoms with van der Waals surface area (Å²) < 4.78 is 11.7. The first-order chi connectivity index (χ1) is 6.61. The molecule has 0 aromatic carbocycles. The van der Waals surface area contributed by atoms with Crippen molar-refractivity contribution in [1.29, 1.82) is 0 Å². The second-order valence-electron chi connectivity index (χ2n) is 4.36. The molecule has 0 bridgehead atoms. The second kappa shape index (κ2) is 4.98. The van der Waals surface area contributed by atoms with Gasteiger partial charge in [-0.05, 0) is 31.1 Å². The Balaban J connectivity index is 2.53. The fourth-order valence-electron chi connectivity index (χ4n) is 1.49. The molecule has 2 atom stereocenters. The van der Waals surface area contributed by atoms with Crippen LogP contribution in [-0.4, -0.2) is 14.6 Å². The van der Waals surface area contributed by atoms with Gasteiger partial charge in [0, 0.05) is 5.92 Å². The molecule has 1 rings (SSSR count). The molecule has 2 nitrogen and oxygen atoms in total. The topological polar surface area (TPSA) is 18.5 Å². The van der Waals surface area contributed by atoms with Gasteiger partial charge < -0.3 is 9.16 Å². The van der Waals surface area contributed by atoms with E-state index in [0.29, 0.717) is 5.92 Å². The van der Waals surface area contributed by atoms with E-state index in [1.54, 1.807) is 6.26 Å². The Morgan fingerprint density at radius 2 is 2.07 bits per heavy atom. The molecule has 1 aliphatic heterocycles. The first-order valence-electron chi connectivity index (χ1n) is 5.59. The molecule has 0 aromatic heterocycles. The predicted octanol–water partition coefficient (Wildman–Crippen LogP) is 3.51. The van der Waals surface area contributed by atoms with Gasteiger partial charge in [-0.1, -0.05) is 20.8 Å². The third-order valence-corrected chi connectivity index (χ3v) is 6.97. The lowest BCUT2D eigenvalue weighted by Gasteiger charge is -2.34. The molecular formula is C11H22O2Si. The molecule has 0 N–H and O–H groups in total. The Morgan fingerprint density at radius 1 is 1.43 bits per heavy atom. The Bertz CT molecular complexity index is 199. The second-order valence-corrected chi connectivity index (χ2v) is 8.91. The molecule has 3 heteroatoms. The lowest BCUT2D eigenvalue weighted by molar-refractivity contribution is -0.0819. The monoisotopic (exact) mass is 214 g/mol. The van der Waals surface area contributed by atoms with Crippen molar-refractivity contribution in [1.82, 2.24) is 0 Å². The number of hydrogen-bond donors (Lipinski definition) is 0. The minimum Gasteiger partial charge on any atom is -0.474 e. The summed E-state index contributed by atoms with van der Waals surface area (Å²) in [5.41, 5.74) is 0. The van der Waals surface area contributed by atoms with E-state index in [2.05, 4.69) is 33.4 Å². The van der Waals surface area contributed by atoms with Gasteiger partial charge in [-0.3, -0.25) is 0 Å². The van der Waals surface area contributed by atoms with Crippen molar-refractivity contribution in [2.24, 2.45) is 5.92 Å². The Kier molecular flexibility index (Phi) is 4.20. The molecular weight excluding hydrogens is 192 g/mol. The summed E-state index contributed by atoms with van der Waals surface area (Å²) in [6.45, 7) is 8.92. The van der Waals surface area contributed by atoms with Crippen LogP contribution in [0, 0.1) is 5.92 Å². The van der Waals surface area contributed by atoms with Gasteiger partial charge >= 0.3 is 0 Å². The lowest BCUT2D eigenvalue weighted by Crippen LogP contribution is -2.41.